The number of aliphatic carboxylic acids is 1. The van der Waals surface area contributed by atoms with E-state index in [0.29, 0.717) is 0 Å². The number of carboxylic acid groups (broad SMARTS) is 1. The van der Waals surface area contributed by atoms with Crippen molar-refractivity contribution < 1.29 is 39.2 Å². The average Bonchev–Trinajstić information content (AvgIpc) is 2.61. The maximum atomic E-state index is 12.9. The van der Waals surface area contributed by atoms with Crippen molar-refractivity contribution in [2.45, 2.75) is 90.3 Å². The molecule has 0 bridgehead atoms. The van der Waals surface area contributed by atoms with E-state index in [-0.39, 0.29) is 31.6 Å². The van der Waals surface area contributed by atoms with Crippen LogP contribution in [-0.4, -0.2) is 75.8 Å². The lowest BCUT2D eigenvalue weighted by Gasteiger charge is -2.29. The van der Waals surface area contributed by atoms with E-state index in [9.17, 15) is 29.4 Å². The van der Waals surface area contributed by atoms with Crippen molar-refractivity contribution in [3.63, 3.8) is 0 Å². The van der Waals surface area contributed by atoms with Crippen molar-refractivity contribution in [1.29, 1.82) is 0 Å². The number of carbonyl (C=O) groups is 4. The molecule has 0 aliphatic heterocycles. The highest BCUT2D eigenvalue weighted by molar-refractivity contribution is 5.86. The number of aliphatic hydroxyl groups excluding tert-OH is 2. The molecule has 0 heterocycles. The van der Waals surface area contributed by atoms with Gasteiger partial charge < -0.3 is 36.4 Å². The van der Waals surface area contributed by atoms with Crippen LogP contribution in [0.15, 0.2) is 0 Å². The van der Waals surface area contributed by atoms with E-state index in [0.717, 1.165) is 0 Å². The van der Waals surface area contributed by atoms with Gasteiger partial charge in [-0.1, -0.05) is 13.8 Å². The van der Waals surface area contributed by atoms with Crippen LogP contribution < -0.4 is 21.7 Å². The second kappa shape index (κ2) is 13.9. The molecule has 32 heavy (non-hydrogen) atoms. The third-order valence-corrected chi connectivity index (χ3v) is 4.21. The second-order valence-corrected chi connectivity index (χ2v) is 8.99. The minimum atomic E-state index is -1.55. The normalized spacial score (nSPS) is 15.4. The quantitative estimate of drug-likeness (QED) is 0.165. The van der Waals surface area contributed by atoms with Crippen LogP contribution in [0.1, 0.15) is 60.3 Å². The Kier molecular flexibility index (Phi) is 12.8. The van der Waals surface area contributed by atoms with Gasteiger partial charge in [-0.2, -0.15) is 0 Å². The number of hydrogen-bond donors (Lipinski definition) is 7. The van der Waals surface area contributed by atoms with Gasteiger partial charge in [0.05, 0.1) is 12.6 Å². The second-order valence-electron chi connectivity index (χ2n) is 8.99. The molecular weight excluding hydrogens is 424 g/mol. The zero-order chi connectivity index (χ0) is 25.1. The lowest BCUT2D eigenvalue weighted by atomic mass is 10.0. The summed E-state index contributed by atoms with van der Waals surface area (Å²) in [5, 5.41) is 36.1. The Bertz CT molecular complexity index is 636. The number of amides is 3. The number of carbonyl (C=O) groups excluding carboxylic acids is 3. The predicted octanol–water partition coefficient (Wildman–Crippen LogP) is -0.580. The molecule has 0 aliphatic rings. The molecule has 0 saturated carbocycles. The average molecular weight is 463 g/mol. The molecule has 0 aromatic carbocycles. The Morgan fingerprint density at radius 2 is 1.66 bits per heavy atom. The monoisotopic (exact) mass is 462 g/mol. The molecule has 0 saturated heterocycles. The van der Waals surface area contributed by atoms with Crippen LogP contribution in [-0.2, 0) is 19.1 Å². The number of ether oxygens (including phenoxy) is 1. The summed E-state index contributed by atoms with van der Waals surface area (Å²) in [5.74, 6) is -2.55. The van der Waals surface area contributed by atoms with Crippen LogP contribution in [0.5, 0.6) is 0 Å². The van der Waals surface area contributed by atoms with Gasteiger partial charge in [0.25, 0.3) is 0 Å². The SMILES string of the molecule is CC(C)C[C@H](NC(=O)OC(C)(C)C)C(=O)N[C@H](CCCC(N)=O)C(O)N[C@@H](CO)C(=O)O. The highest BCUT2D eigenvalue weighted by Gasteiger charge is 2.30. The van der Waals surface area contributed by atoms with Crippen molar-refractivity contribution in [3.8, 4) is 0 Å². The number of rotatable bonds is 14. The van der Waals surface area contributed by atoms with Gasteiger partial charge in [-0.05, 0) is 46.0 Å². The van der Waals surface area contributed by atoms with E-state index in [2.05, 4.69) is 16.0 Å². The number of aliphatic hydroxyl groups is 2. The summed E-state index contributed by atoms with van der Waals surface area (Å²) >= 11 is 0. The minimum Gasteiger partial charge on any atom is -0.480 e. The highest BCUT2D eigenvalue weighted by Crippen LogP contribution is 2.11. The lowest BCUT2D eigenvalue weighted by Crippen LogP contribution is -2.58. The van der Waals surface area contributed by atoms with Crippen LogP contribution in [0.3, 0.4) is 0 Å². The molecule has 0 spiro atoms. The molecule has 0 aliphatic carbocycles. The van der Waals surface area contributed by atoms with E-state index < -0.39 is 60.4 Å². The van der Waals surface area contributed by atoms with Gasteiger partial charge in [-0.25, -0.2) is 4.79 Å². The zero-order valence-corrected chi connectivity index (χ0v) is 19.4. The molecule has 186 valence electrons. The topological polar surface area (TPSA) is 200 Å². The Morgan fingerprint density at radius 1 is 1.06 bits per heavy atom. The van der Waals surface area contributed by atoms with Crippen molar-refractivity contribution in [3.05, 3.63) is 0 Å². The maximum absolute atomic E-state index is 12.9. The van der Waals surface area contributed by atoms with Crippen molar-refractivity contribution in [2.24, 2.45) is 11.7 Å². The van der Waals surface area contributed by atoms with Crippen LogP contribution in [0.25, 0.3) is 0 Å². The first-order valence-corrected chi connectivity index (χ1v) is 10.5. The van der Waals surface area contributed by atoms with Gasteiger partial charge >= 0.3 is 12.1 Å². The van der Waals surface area contributed by atoms with Crippen LogP contribution in [0, 0.1) is 5.92 Å². The molecule has 0 rings (SSSR count). The molecule has 0 fully saturated rings. The summed E-state index contributed by atoms with van der Waals surface area (Å²) in [6.07, 6.45) is -1.77. The fourth-order valence-electron chi connectivity index (χ4n) is 2.77. The summed E-state index contributed by atoms with van der Waals surface area (Å²) in [4.78, 5) is 47.2. The van der Waals surface area contributed by atoms with E-state index in [1.807, 2.05) is 13.8 Å². The Morgan fingerprint density at radius 3 is 2.09 bits per heavy atom. The van der Waals surface area contributed by atoms with Crippen LogP contribution in [0.4, 0.5) is 4.79 Å². The molecule has 12 heteroatoms. The van der Waals surface area contributed by atoms with E-state index in [1.165, 1.54) is 0 Å². The summed E-state index contributed by atoms with van der Waals surface area (Å²) in [6.45, 7) is 7.97. The van der Waals surface area contributed by atoms with Crippen molar-refractivity contribution >= 4 is 23.9 Å². The molecule has 8 N–H and O–H groups in total. The Labute approximate surface area is 188 Å². The standard InChI is InChI=1S/C20H38N4O8/c1-11(2)9-13(24-19(31)32-20(3,4)5)17(28)22-12(7-6-8-15(21)26)16(27)23-14(10-25)18(29)30/h11-14,16,23,25,27H,6-10H2,1-5H3,(H2,21,26)(H,22,28)(H,24,31)(H,29,30)/t12-,13+,14+,16?/m1/s1. The third-order valence-electron chi connectivity index (χ3n) is 4.21. The molecule has 4 atom stereocenters. The first-order chi connectivity index (χ1) is 14.7. The number of primary amides is 1. The van der Waals surface area contributed by atoms with Crippen LogP contribution >= 0.6 is 0 Å². The van der Waals surface area contributed by atoms with Gasteiger partial charge in [0.15, 0.2) is 0 Å². The molecular formula is C20H38N4O8. The highest BCUT2D eigenvalue weighted by atomic mass is 16.6. The van der Waals surface area contributed by atoms with Crippen molar-refractivity contribution in [1.82, 2.24) is 16.0 Å². The zero-order valence-electron chi connectivity index (χ0n) is 19.4. The Hall–Kier alpha value is -2.44. The fraction of sp³-hybridized carbons (Fsp3) is 0.800. The Balaban J connectivity index is 5.43. The van der Waals surface area contributed by atoms with Gasteiger partial charge in [-0.3, -0.25) is 19.7 Å². The van der Waals surface area contributed by atoms with E-state index >= 15 is 0 Å². The molecule has 1 unspecified atom stereocenters. The number of alkyl carbamates (subject to hydrolysis) is 1. The summed E-state index contributed by atoms with van der Waals surface area (Å²) in [6, 6.07) is -3.47. The molecule has 0 aromatic heterocycles. The predicted molar refractivity (Wildman–Crippen MR) is 115 cm³/mol. The largest absolute Gasteiger partial charge is 0.480 e. The minimum absolute atomic E-state index is 0.00691. The van der Waals surface area contributed by atoms with Gasteiger partial charge in [0, 0.05) is 6.42 Å². The fourth-order valence-corrected chi connectivity index (χ4v) is 2.77. The van der Waals surface area contributed by atoms with Gasteiger partial charge in [-0.15, -0.1) is 0 Å². The van der Waals surface area contributed by atoms with E-state index in [1.54, 1.807) is 20.8 Å². The lowest BCUT2D eigenvalue weighted by molar-refractivity contribution is -0.142. The molecule has 3 amide bonds. The van der Waals surface area contributed by atoms with Gasteiger partial charge in [0.2, 0.25) is 11.8 Å². The number of hydrogen-bond acceptors (Lipinski definition) is 8. The first-order valence-electron chi connectivity index (χ1n) is 10.5. The molecule has 0 radical (unpaired) electrons. The first kappa shape index (κ1) is 29.6. The van der Waals surface area contributed by atoms with E-state index in [4.69, 9.17) is 15.6 Å². The third kappa shape index (κ3) is 13.1. The summed E-state index contributed by atoms with van der Waals surface area (Å²) < 4.78 is 5.20. The molecule has 0 aromatic rings. The smallest absolute Gasteiger partial charge is 0.408 e. The molecule has 12 nitrogen and oxygen atoms in total. The number of nitrogens with two attached hydrogens (primary N) is 1. The van der Waals surface area contributed by atoms with Gasteiger partial charge in [0.1, 0.15) is 23.9 Å². The summed E-state index contributed by atoms with van der Waals surface area (Å²) in [5.41, 5.74) is 4.36. The summed E-state index contributed by atoms with van der Waals surface area (Å²) in [7, 11) is 0. The number of carboxylic acids is 1. The van der Waals surface area contributed by atoms with Crippen molar-refractivity contribution in [2.75, 3.05) is 6.61 Å². The maximum Gasteiger partial charge on any atom is 0.408 e. The van der Waals surface area contributed by atoms with Crippen LogP contribution in [0.2, 0.25) is 0 Å². The number of nitrogens with one attached hydrogen (secondary N) is 3.